The second-order valence-electron chi connectivity index (χ2n) is 4.78. The van der Waals surface area contributed by atoms with E-state index in [1.54, 1.807) is 6.92 Å². The van der Waals surface area contributed by atoms with E-state index in [9.17, 15) is 13.2 Å². The summed E-state index contributed by atoms with van der Waals surface area (Å²) in [7, 11) is 0. The predicted octanol–water partition coefficient (Wildman–Crippen LogP) is 4.61. The molecular formula is C13H11F3N4S. The van der Waals surface area contributed by atoms with Crippen LogP contribution in [0.2, 0.25) is 0 Å². The van der Waals surface area contributed by atoms with Crippen LogP contribution in [0.5, 0.6) is 0 Å². The number of benzene rings is 1. The van der Waals surface area contributed by atoms with Gasteiger partial charge in [-0.05, 0) is 19.1 Å². The second-order valence-corrected chi connectivity index (χ2v) is 5.19. The number of halogens is 3. The molecule has 0 spiro atoms. The molecular weight excluding hydrogens is 301 g/mol. The number of azo groups is 1. The van der Waals surface area contributed by atoms with Gasteiger partial charge in [-0.1, -0.05) is 18.3 Å². The molecule has 21 heavy (non-hydrogen) atoms. The number of hydrogen-bond donors (Lipinski definition) is 1. The summed E-state index contributed by atoms with van der Waals surface area (Å²) in [5.41, 5.74) is -1.93. The summed E-state index contributed by atoms with van der Waals surface area (Å²) in [5, 5.41) is 10.6. The fourth-order valence-corrected chi connectivity index (χ4v) is 2.15. The van der Waals surface area contributed by atoms with Crippen LogP contribution in [-0.2, 0) is 6.18 Å². The number of nitrogens with zero attached hydrogens (tertiary/aromatic N) is 3. The summed E-state index contributed by atoms with van der Waals surface area (Å²) in [6, 6.07) is 3.40. The van der Waals surface area contributed by atoms with E-state index in [-0.39, 0.29) is 5.69 Å². The van der Waals surface area contributed by atoms with E-state index in [0.29, 0.717) is 18.0 Å². The molecule has 1 aromatic rings. The van der Waals surface area contributed by atoms with Crippen molar-refractivity contribution in [2.45, 2.75) is 25.1 Å². The van der Waals surface area contributed by atoms with Crippen molar-refractivity contribution >= 4 is 28.6 Å². The van der Waals surface area contributed by atoms with Crippen molar-refractivity contribution in [3.05, 3.63) is 35.2 Å². The summed E-state index contributed by atoms with van der Waals surface area (Å²) in [4.78, 5) is 3.20. The molecule has 0 bridgehead atoms. The van der Waals surface area contributed by atoms with E-state index >= 15 is 0 Å². The van der Waals surface area contributed by atoms with Crippen molar-refractivity contribution in [3.8, 4) is 0 Å². The highest BCUT2D eigenvalue weighted by atomic mass is 32.1. The third-order valence-electron chi connectivity index (χ3n) is 3.16. The molecule has 1 aliphatic heterocycles. The molecule has 0 amide bonds. The van der Waals surface area contributed by atoms with Gasteiger partial charge in [0, 0.05) is 12.1 Å². The van der Waals surface area contributed by atoms with Crippen LogP contribution in [0.25, 0.3) is 4.85 Å². The van der Waals surface area contributed by atoms with Crippen molar-refractivity contribution in [3.63, 3.8) is 0 Å². The highest BCUT2D eigenvalue weighted by Crippen LogP contribution is 2.38. The van der Waals surface area contributed by atoms with E-state index in [2.05, 4.69) is 20.4 Å². The van der Waals surface area contributed by atoms with Crippen molar-refractivity contribution < 1.29 is 13.2 Å². The summed E-state index contributed by atoms with van der Waals surface area (Å²) < 4.78 is 38.7. The van der Waals surface area contributed by atoms with Gasteiger partial charge in [-0.25, -0.2) is 4.85 Å². The fraction of sp³-hybridized carbons (Fsp3) is 0.385. The monoisotopic (exact) mass is 312 g/mol. The summed E-state index contributed by atoms with van der Waals surface area (Å²) in [5.74, 6) is 0. The van der Waals surface area contributed by atoms with E-state index in [1.165, 1.54) is 6.07 Å². The van der Waals surface area contributed by atoms with Gasteiger partial charge in [0.2, 0.25) is 0 Å². The van der Waals surface area contributed by atoms with Crippen LogP contribution in [0.4, 0.5) is 24.5 Å². The van der Waals surface area contributed by atoms with Gasteiger partial charge < -0.3 is 5.32 Å². The molecule has 0 fully saturated rings. The molecule has 1 heterocycles. The van der Waals surface area contributed by atoms with Crippen molar-refractivity contribution in [1.29, 1.82) is 0 Å². The first kappa shape index (κ1) is 15.4. The molecule has 0 saturated carbocycles. The Labute approximate surface area is 124 Å². The van der Waals surface area contributed by atoms with E-state index in [0.717, 1.165) is 12.1 Å². The first-order chi connectivity index (χ1) is 9.76. The van der Waals surface area contributed by atoms with Gasteiger partial charge in [-0.15, -0.1) is 0 Å². The lowest BCUT2D eigenvalue weighted by atomic mass is 10.00. The quantitative estimate of drug-likeness (QED) is 0.640. The Balaban J connectivity index is 2.28. The Hall–Kier alpha value is -2.01. The lowest BCUT2D eigenvalue weighted by Gasteiger charge is -2.21. The van der Waals surface area contributed by atoms with Crippen molar-refractivity contribution in [2.75, 3.05) is 11.9 Å². The number of nitrogens with one attached hydrogen (secondary N) is 1. The normalized spacial score (nSPS) is 21.1. The fourth-order valence-electron chi connectivity index (χ4n) is 1.89. The number of anilines is 1. The predicted molar refractivity (Wildman–Crippen MR) is 76.7 cm³/mol. The van der Waals surface area contributed by atoms with Crippen molar-refractivity contribution in [2.24, 2.45) is 10.2 Å². The lowest BCUT2D eigenvalue weighted by molar-refractivity contribution is -0.136. The summed E-state index contributed by atoms with van der Waals surface area (Å²) in [6.45, 7) is 9.11. The smallest absolute Gasteiger partial charge is 0.348 e. The Bertz CT molecular complexity index is 648. The molecule has 2 rings (SSSR count). The van der Waals surface area contributed by atoms with Gasteiger partial charge >= 0.3 is 6.18 Å². The van der Waals surface area contributed by atoms with Gasteiger partial charge in [0.1, 0.15) is 10.5 Å². The Morgan fingerprint density at radius 1 is 1.48 bits per heavy atom. The largest absolute Gasteiger partial charge is 0.407 e. The molecule has 1 unspecified atom stereocenters. The molecule has 8 heteroatoms. The van der Waals surface area contributed by atoms with Gasteiger partial charge in [0.15, 0.2) is 5.69 Å². The van der Waals surface area contributed by atoms with Crippen LogP contribution in [-0.4, -0.2) is 17.1 Å². The van der Waals surface area contributed by atoms with E-state index < -0.39 is 23.0 Å². The zero-order valence-corrected chi connectivity index (χ0v) is 11.8. The minimum atomic E-state index is -4.59. The third-order valence-corrected chi connectivity index (χ3v) is 3.70. The van der Waals surface area contributed by atoms with Crippen LogP contribution in [0.15, 0.2) is 28.4 Å². The number of thiocarbonyl (C=S) groups is 1. The topological polar surface area (TPSA) is 41.1 Å². The number of rotatable bonds is 2. The SMILES string of the molecule is [C-]#[N+]c1ccc(NC(=S)C2(C)CCN=N2)cc1C(F)(F)F. The van der Waals surface area contributed by atoms with E-state index in [4.69, 9.17) is 18.8 Å². The molecule has 0 saturated heterocycles. The molecule has 1 atom stereocenters. The lowest BCUT2D eigenvalue weighted by Crippen LogP contribution is -2.35. The molecule has 0 aromatic heterocycles. The van der Waals surface area contributed by atoms with Crippen LogP contribution >= 0.6 is 12.2 Å². The molecule has 0 radical (unpaired) electrons. The van der Waals surface area contributed by atoms with Crippen LogP contribution in [0.1, 0.15) is 18.9 Å². The average molecular weight is 312 g/mol. The maximum Gasteiger partial charge on any atom is 0.407 e. The molecule has 110 valence electrons. The average Bonchev–Trinajstić information content (AvgIpc) is 2.86. The van der Waals surface area contributed by atoms with Gasteiger partial charge in [-0.2, -0.15) is 23.4 Å². The highest BCUT2D eigenvalue weighted by molar-refractivity contribution is 7.80. The maximum absolute atomic E-state index is 12.9. The molecule has 4 nitrogen and oxygen atoms in total. The Kier molecular flexibility index (Phi) is 3.96. The second kappa shape index (κ2) is 5.41. The minimum Gasteiger partial charge on any atom is -0.348 e. The van der Waals surface area contributed by atoms with Gasteiger partial charge in [0.25, 0.3) is 0 Å². The molecule has 1 aliphatic rings. The third kappa shape index (κ3) is 3.19. The zero-order chi connectivity index (χ0) is 15.7. The van der Waals surface area contributed by atoms with Crippen LogP contribution in [0.3, 0.4) is 0 Å². The number of hydrogen-bond acceptors (Lipinski definition) is 3. The van der Waals surface area contributed by atoms with Gasteiger partial charge in [0.05, 0.1) is 18.7 Å². The van der Waals surface area contributed by atoms with Crippen molar-refractivity contribution in [1.82, 2.24) is 0 Å². The first-order valence-electron chi connectivity index (χ1n) is 6.05. The molecule has 1 aromatic carbocycles. The highest BCUT2D eigenvalue weighted by Gasteiger charge is 2.35. The van der Waals surface area contributed by atoms with E-state index in [1.807, 2.05) is 0 Å². The molecule has 1 N–H and O–H groups in total. The number of alkyl halides is 3. The Morgan fingerprint density at radius 3 is 2.71 bits per heavy atom. The summed E-state index contributed by atoms with van der Waals surface area (Å²) in [6.07, 6.45) is -3.97. The van der Waals surface area contributed by atoms with Gasteiger partial charge in [-0.3, -0.25) is 0 Å². The maximum atomic E-state index is 12.9. The Morgan fingerprint density at radius 2 is 2.19 bits per heavy atom. The van der Waals surface area contributed by atoms with Crippen LogP contribution in [0, 0.1) is 6.57 Å². The standard InChI is InChI=1S/C13H11F3N4S/c1-12(5-6-18-20-12)11(21)19-8-3-4-10(17-2)9(7-8)13(14,15)16/h3-4,7H,5-6H2,1H3,(H,19,21). The van der Waals surface area contributed by atoms with Crippen LogP contribution < -0.4 is 5.32 Å². The zero-order valence-electron chi connectivity index (χ0n) is 11.0. The molecule has 0 aliphatic carbocycles. The first-order valence-corrected chi connectivity index (χ1v) is 6.46. The summed E-state index contributed by atoms with van der Waals surface area (Å²) >= 11 is 5.20. The minimum absolute atomic E-state index is 0.183.